The molecule has 0 aromatic heterocycles. The van der Waals surface area contributed by atoms with E-state index in [-0.39, 0.29) is 5.75 Å². The highest BCUT2D eigenvalue weighted by Gasteiger charge is 2.28. The predicted octanol–water partition coefficient (Wildman–Crippen LogP) is 3.53. The summed E-state index contributed by atoms with van der Waals surface area (Å²) < 4.78 is 30.4. The van der Waals surface area contributed by atoms with E-state index in [1.807, 2.05) is 0 Å². The van der Waals surface area contributed by atoms with Crippen LogP contribution in [-0.2, 0) is 10.0 Å². The molecule has 138 valence electrons. The lowest BCUT2D eigenvalue weighted by atomic mass is 10.2. The zero-order chi connectivity index (χ0) is 18.7. The molecule has 7 nitrogen and oxygen atoms in total. The molecule has 26 heavy (non-hydrogen) atoms. The molecule has 2 N–H and O–H groups in total. The quantitative estimate of drug-likeness (QED) is 0.828. The van der Waals surface area contributed by atoms with Gasteiger partial charge in [-0.3, -0.25) is 4.31 Å². The molecule has 0 radical (unpaired) electrons. The number of anilines is 3. The first-order chi connectivity index (χ1) is 12.4. The van der Waals surface area contributed by atoms with Gasteiger partial charge in [0.25, 0.3) is 0 Å². The highest BCUT2D eigenvalue weighted by atomic mass is 35.5. The lowest BCUT2D eigenvalue weighted by Gasteiger charge is -2.17. The number of methoxy groups -OCH3 is 1. The van der Waals surface area contributed by atoms with Crippen molar-refractivity contribution in [3.8, 4) is 5.75 Å². The second kappa shape index (κ2) is 7.43. The van der Waals surface area contributed by atoms with Crippen LogP contribution in [0.25, 0.3) is 0 Å². The molecule has 0 bridgehead atoms. The molecule has 2 amide bonds. The third-order valence-electron chi connectivity index (χ3n) is 3.92. The first kappa shape index (κ1) is 18.3. The topological polar surface area (TPSA) is 87.7 Å². The summed E-state index contributed by atoms with van der Waals surface area (Å²) in [4.78, 5) is 12.2. The maximum atomic E-state index is 12.2. The minimum absolute atomic E-state index is 0.164. The molecule has 0 saturated carbocycles. The average molecular weight is 396 g/mol. The number of carbonyl (C=O) groups excluding carboxylic acids is 1. The second-order valence-corrected chi connectivity index (χ2v) is 8.16. The Bertz CT molecular complexity index is 916. The van der Waals surface area contributed by atoms with Crippen LogP contribution in [0.15, 0.2) is 42.5 Å². The highest BCUT2D eigenvalue weighted by molar-refractivity contribution is 7.93. The molecule has 1 aliphatic rings. The Morgan fingerprint density at radius 3 is 2.50 bits per heavy atom. The summed E-state index contributed by atoms with van der Waals surface area (Å²) >= 11 is 5.94. The molecule has 2 aromatic rings. The second-order valence-electron chi connectivity index (χ2n) is 5.71. The molecule has 9 heteroatoms. The van der Waals surface area contributed by atoms with Gasteiger partial charge >= 0.3 is 6.03 Å². The molecule has 0 unspecified atom stereocenters. The van der Waals surface area contributed by atoms with E-state index in [1.165, 1.54) is 11.4 Å². The average Bonchev–Trinajstić information content (AvgIpc) is 2.95. The molecule has 2 aromatic carbocycles. The summed E-state index contributed by atoms with van der Waals surface area (Å²) in [6.07, 6.45) is 0.617. The number of nitrogens with one attached hydrogen (secondary N) is 2. The number of hydrogen-bond donors (Lipinski definition) is 2. The van der Waals surface area contributed by atoms with E-state index >= 15 is 0 Å². The number of ether oxygens (including phenoxy) is 1. The predicted molar refractivity (Wildman–Crippen MR) is 103 cm³/mol. The van der Waals surface area contributed by atoms with Crippen LogP contribution in [0.5, 0.6) is 5.75 Å². The van der Waals surface area contributed by atoms with Crippen molar-refractivity contribution in [3.05, 3.63) is 47.5 Å². The number of urea groups is 1. The van der Waals surface area contributed by atoms with Crippen LogP contribution in [0, 0.1) is 0 Å². The largest absolute Gasteiger partial charge is 0.495 e. The standard InChI is InChI=1S/C17H18ClN3O4S/c1-25-16-8-3-12(18)11-15(16)20-17(22)19-13-4-6-14(7-5-13)21-9-2-10-26(21,23)24/h3-8,11H,2,9-10H2,1H3,(H2,19,20,22). The smallest absolute Gasteiger partial charge is 0.323 e. The van der Waals surface area contributed by atoms with Crippen LogP contribution in [0.2, 0.25) is 5.02 Å². The van der Waals surface area contributed by atoms with E-state index in [9.17, 15) is 13.2 Å². The molecule has 1 heterocycles. The molecule has 0 aliphatic carbocycles. The van der Waals surface area contributed by atoms with Crippen molar-refractivity contribution in [3.63, 3.8) is 0 Å². The van der Waals surface area contributed by atoms with E-state index in [1.54, 1.807) is 42.5 Å². The Labute approximate surface area is 157 Å². The first-order valence-corrected chi connectivity index (χ1v) is 9.90. The molecule has 0 atom stereocenters. The molecular weight excluding hydrogens is 378 g/mol. The van der Waals surface area contributed by atoms with Crippen LogP contribution < -0.4 is 19.7 Å². The van der Waals surface area contributed by atoms with Gasteiger partial charge in [0, 0.05) is 17.3 Å². The van der Waals surface area contributed by atoms with E-state index in [2.05, 4.69) is 10.6 Å². The van der Waals surface area contributed by atoms with Crippen LogP contribution in [-0.4, -0.2) is 33.9 Å². The van der Waals surface area contributed by atoms with E-state index in [4.69, 9.17) is 16.3 Å². The van der Waals surface area contributed by atoms with Crippen molar-refractivity contribution in [2.45, 2.75) is 6.42 Å². The van der Waals surface area contributed by atoms with Crippen LogP contribution in [0.3, 0.4) is 0 Å². The van der Waals surface area contributed by atoms with Gasteiger partial charge in [-0.05, 0) is 48.9 Å². The molecular formula is C17H18ClN3O4S. The summed E-state index contributed by atoms with van der Waals surface area (Å²) in [6, 6.07) is 11.1. The minimum Gasteiger partial charge on any atom is -0.495 e. The van der Waals surface area contributed by atoms with Gasteiger partial charge < -0.3 is 15.4 Å². The number of carbonyl (C=O) groups is 1. The Morgan fingerprint density at radius 1 is 1.15 bits per heavy atom. The summed E-state index contributed by atoms with van der Waals surface area (Å²) in [5.74, 6) is 0.649. The van der Waals surface area contributed by atoms with Gasteiger partial charge in [0.05, 0.1) is 24.2 Å². The maximum absolute atomic E-state index is 12.2. The van der Waals surface area contributed by atoms with Crippen molar-refractivity contribution in [2.24, 2.45) is 0 Å². The van der Waals surface area contributed by atoms with Gasteiger partial charge in [-0.1, -0.05) is 11.6 Å². The Morgan fingerprint density at radius 2 is 1.88 bits per heavy atom. The van der Waals surface area contributed by atoms with Crippen LogP contribution >= 0.6 is 11.6 Å². The number of hydrogen-bond acceptors (Lipinski definition) is 4. The van der Waals surface area contributed by atoms with E-state index < -0.39 is 16.1 Å². The maximum Gasteiger partial charge on any atom is 0.323 e. The fourth-order valence-electron chi connectivity index (χ4n) is 2.70. The molecule has 1 saturated heterocycles. The Balaban J connectivity index is 1.68. The van der Waals surface area contributed by atoms with Crippen molar-refractivity contribution in [2.75, 3.05) is 34.3 Å². The van der Waals surface area contributed by atoms with Gasteiger partial charge in [0.15, 0.2) is 0 Å². The molecule has 3 rings (SSSR count). The molecule has 0 spiro atoms. The third kappa shape index (κ3) is 4.03. The van der Waals surface area contributed by atoms with Gasteiger partial charge in [0.1, 0.15) is 5.75 Å². The van der Waals surface area contributed by atoms with Crippen molar-refractivity contribution >= 4 is 44.7 Å². The fraction of sp³-hybridized carbons (Fsp3) is 0.235. The van der Waals surface area contributed by atoms with Crippen molar-refractivity contribution < 1.29 is 17.9 Å². The van der Waals surface area contributed by atoms with Gasteiger partial charge in [0.2, 0.25) is 10.0 Å². The van der Waals surface area contributed by atoms with E-state index in [0.29, 0.717) is 40.8 Å². The normalized spacial score (nSPS) is 15.5. The third-order valence-corrected chi connectivity index (χ3v) is 6.03. The monoisotopic (exact) mass is 395 g/mol. The minimum atomic E-state index is -3.22. The zero-order valence-corrected chi connectivity index (χ0v) is 15.6. The number of nitrogens with zero attached hydrogens (tertiary/aromatic N) is 1. The number of amides is 2. The first-order valence-electron chi connectivity index (χ1n) is 7.91. The number of rotatable bonds is 4. The summed E-state index contributed by atoms with van der Waals surface area (Å²) in [5, 5.41) is 5.82. The Kier molecular flexibility index (Phi) is 5.24. The highest BCUT2D eigenvalue weighted by Crippen LogP contribution is 2.28. The lowest BCUT2D eigenvalue weighted by Crippen LogP contribution is -2.25. The van der Waals surface area contributed by atoms with Crippen LogP contribution in [0.4, 0.5) is 21.9 Å². The van der Waals surface area contributed by atoms with Crippen molar-refractivity contribution in [1.29, 1.82) is 0 Å². The van der Waals surface area contributed by atoms with E-state index in [0.717, 1.165) is 0 Å². The number of sulfonamides is 1. The van der Waals surface area contributed by atoms with Gasteiger partial charge in [-0.2, -0.15) is 0 Å². The summed E-state index contributed by atoms with van der Waals surface area (Å²) in [7, 11) is -1.72. The fourth-order valence-corrected chi connectivity index (χ4v) is 4.44. The number of halogens is 1. The summed E-state index contributed by atoms with van der Waals surface area (Å²) in [6.45, 7) is 0.476. The number of benzene rings is 2. The van der Waals surface area contributed by atoms with Gasteiger partial charge in [-0.25, -0.2) is 13.2 Å². The van der Waals surface area contributed by atoms with Crippen molar-refractivity contribution in [1.82, 2.24) is 0 Å². The van der Waals surface area contributed by atoms with Gasteiger partial charge in [-0.15, -0.1) is 0 Å². The zero-order valence-electron chi connectivity index (χ0n) is 14.0. The van der Waals surface area contributed by atoms with Crippen LogP contribution in [0.1, 0.15) is 6.42 Å². The molecule has 1 aliphatic heterocycles. The molecule has 1 fully saturated rings. The SMILES string of the molecule is COc1ccc(Cl)cc1NC(=O)Nc1ccc(N2CCCS2(=O)=O)cc1. The summed E-state index contributed by atoms with van der Waals surface area (Å²) in [5.41, 5.74) is 1.56. The lowest BCUT2D eigenvalue weighted by molar-refractivity contribution is 0.262. The Hall–Kier alpha value is -2.45.